The van der Waals surface area contributed by atoms with Crippen molar-refractivity contribution in [1.29, 1.82) is 0 Å². The maximum absolute atomic E-state index is 10.9. The van der Waals surface area contributed by atoms with Crippen LogP contribution >= 0.6 is 0 Å². The van der Waals surface area contributed by atoms with Crippen LogP contribution in [0.5, 0.6) is 0 Å². The van der Waals surface area contributed by atoms with Crippen LogP contribution in [0.25, 0.3) is 22.3 Å². The van der Waals surface area contributed by atoms with Crippen LogP contribution in [0.4, 0.5) is 0 Å². The fraction of sp³-hybridized carbons (Fsp3) is 0. The second-order valence-corrected chi connectivity index (χ2v) is 4.26. The van der Waals surface area contributed by atoms with Crippen molar-refractivity contribution in [3.8, 4) is 22.3 Å². The first-order valence-electron chi connectivity index (χ1n) is 6.07. The smallest absolute Gasteiger partial charge is 0.185 e. The number of hydrogen-bond donors (Lipinski definition) is 0. The number of furan rings is 1. The van der Waals surface area contributed by atoms with E-state index in [0.29, 0.717) is 5.76 Å². The fourth-order valence-electron chi connectivity index (χ4n) is 2.15. The van der Waals surface area contributed by atoms with Crippen LogP contribution < -0.4 is 0 Å². The molecule has 0 spiro atoms. The molecule has 2 nitrogen and oxygen atoms in total. The summed E-state index contributed by atoms with van der Waals surface area (Å²) in [5, 5.41) is 0. The first kappa shape index (κ1) is 11.5. The summed E-state index contributed by atoms with van der Waals surface area (Å²) < 4.78 is 5.15. The molecule has 0 bridgehead atoms. The van der Waals surface area contributed by atoms with Crippen molar-refractivity contribution in [2.75, 3.05) is 0 Å². The van der Waals surface area contributed by atoms with Crippen molar-refractivity contribution in [3.05, 3.63) is 72.7 Å². The maximum Gasteiger partial charge on any atom is 0.185 e. The highest BCUT2D eigenvalue weighted by Crippen LogP contribution is 2.28. The molecule has 0 aliphatic rings. The summed E-state index contributed by atoms with van der Waals surface area (Å²) in [6, 6.07) is 20.0. The van der Waals surface area contributed by atoms with Crippen molar-refractivity contribution in [2.45, 2.75) is 0 Å². The average molecular weight is 248 g/mol. The van der Waals surface area contributed by atoms with Gasteiger partial charge in [0.2, 0.25) is 0 Å². The van der Waals surface area contributed by atoms with E-state index in [1.165, 1.54) is 6.26 Å². The Morgan fingerprint density at radius 3 is 2.32 bits per heavy atom. The van der Waals surface area contributed by atoms with Gasteiger partial charge in [-0.25, -0.2) is 0 Å². The number of rotatable bonds is 3. The first-order valence-corrected chi connectivity index (χ1v) is 6.07. The molecule has 3 rings (SSSR count). The largest absolute Gasteiger partial charge is 0.461 e. The van der Waals surface area contributed by atoms with Crippen molar-refractivity contribution in [3.63, 3.8) is 0 Å². The van der Waals surface area contributed by atoms with Crippen LogP contribution in [0.3, 0.4) is 0 Å². The van der Waals surface area contributed by atoms with Gasteiger partial charge in [-0.15, -0.1) is 0 Å². The molecule has 1 aromatic heterocycles. The summed E-state index contributed by atoms with van der Waals surface area (Å²) in [6.07, 6.45) is 2.28. The van der Waals surface area contributed by atoms with Crippen LogP contribution in [-0.4, -0.2) is 6.29 Å². The fourth-order valence-corrected chi connectivity index (χ4v) is 2.15. The first-order chi connectivity index (χ1) is 9.38. The van der Waals surface area contributed by atoms with Gasteiger partial charge in [0, 0.05) is 5.56 Å². The Balaban J connectivity index is 2.08. The van der Waals surface area contributed by atoms with Gasteiger partial charge in [0.05, 0.1) is 6.26 Å². The summed E-state index contributed by atoms with van der Waals surface area (Å²) in [5.74, 6) is 0.366. The van der Waals surface area contributed by atoms with E-state index in [0.717, 1.165) is 28.5 Å². The third-order valence-electron chi connectivity index (χ3n) is 3.08. The number of benzene rings is 2. The predicted molar refractivity (Wildman–Crippen MR) is 75.0 cm³/mol. The van der Waals surface area contributed by atoms with Crippen molar-refractivity contribution >= 4 is 6.29 Å². The molecule has 1 heterocycles. The van der Waals surface area contributed by atoms with E-state index < -0.39 is 0 Å². The number of carbonyl (C=O) groups excluding carboxylic acids is 1. The second kappa shape index (κ2) is 4.94. The molecule has 92 valence electrons. The van der Waals surface area contributed by atoms with Crippen LogP contribution in [0, 0.1) is 0 Å². The molecule has 2 aromatic carbocycles. The Hall–Kier alpha value is -2.61. The minimum Gasteiger partial charge on any atom is -0.461 e. The van der Waals surface area contributed by atoms with Gasteiger partial charge >= 0.3 is 0 Å². The summed E-state index contributed by atoms with van der Waals surface area (Å²) in [7, 11) is 0. The van der Waals surface area contributed by atoms with E-state index in [9.17, 15) is 4.79 Å². The lowest BCUT2D eigenvalue weighted by Gasteiger charge is -2.04. The van der Waals surface area contributed by atoms with Crippen molar-refractivity contribution in [2.24, 2.45) is 0 Å². The Morgan fingerprint density at radius 2 is 1.53 bits per heavy atom. The van der Waals surface area contributed by atoms with Crippen LogP contribution in [-0.2, 0) is 0 Å². The van der Waals surface area contributed by atoms with E-state index in [1.54, 1.807) is 0 Å². The lowest BCUT2D eigenvalue weighted by atomic mass is 9.99. The van der Waals surface area contributed by atoms with E-state index >= 15 is 0 Å². The van der Waals surface area contributed by atoms with Gasteiger partial charge in [0.25, 0.3) is 0 Å². The predicted octanol–water partition coefficient (Wildman–Crippen LogP) is 4.43. The van der Waals surface area contributed by atoms with E-state index in [1.807, 2.05) is 36.4 Å². The van der Waals surface area contributed by atoms with E-state index in [-0.39, 0.29) is 0 Å². The zero-order valence-electron chi connectivity index (χ0n) is 10.2. The Morgan fingerprint density at radius 1 is 0.789 bits per heavy atom. The van der Waals surface area contributed by atoms with E-state index in [2.05, 4.69) is 24.3 Å². The Labute approximate surface area is 111 Å². The summed E-state index contributed by atoms with van der Waals surface area (Å²) in [5.41, 5.74) is 4.08. The molecule has 0 aliphatic heterocycles. The van der Waals surface area contributed by atoms with Gasteiger partial charge in [0.15, 0.2) is 12.0 Å². The van der Waals surface area contributed by atoms with Gasteiger partial charge in [-0.05, 0) is 28.8 Å². The molecule has 19 heavy (non-hydrogen) atoms. The molecule has 3 aromatic rings. The molecule has 0 aliphatic carbocycles. The Kier molecular flexibility index (Phi) is 2.99. The van der Waals surface area contributed by atoms with Crippen molar-refractivity contribution in [1.82, 2.24) is 0 Å². The SMILES string of the molecule is O=Cc1occc1-c1cccc(-c2ccccc2)c1. The van der Waals surface area contributed by atoms with Crippen molar-refractivity contribution < 1.29 is 9.21 Å². The number of aldehydes is 1. The molecule has 0 N–H and O–H groups in total. The third kappa shape index (κ3) is 2.20. The standard InChI is InChI=1S/C17H12O2/c18-12-17-16(9-10-19-17)15-8-4-7-14(11-15)13-5-2-1-3-6-13/h1-12H. The highest BCUT2D eigenvalue weighted by molar-refractivity contribution is 5.85. The van der Waals surface area contributed by atoms with Crippen LogP contribution in [0.1, 0.15) is 10.6 Å². The second-order valence-electron chi connectivity index (χ2n) is 4.26. The lowest BCUT2D eigenvalue weighted by Crippen LogP contribution is -1.83. The average Bonchev–Trinajstić information content (AvgIpc) is 2.97. The van der Waals surface area contributed by atoms with Crippen LogP contribution in [0.15, 0.2) is 71.3 Å². The minimum atomic E-state index is 0.366. The quantitative estimate of drug-likeness (QED) is 0.642. The van der Waals surface area contributed by atoms with Gasteiger partial charge in [-0.3, -0.25) is 4.79 Å². The Bertz CT molecular complexity index is 696. The zero-order chi connectivity index (χ0) is 13.1. The van der Waals surface area contributed by atoms with Gasteiger partial charge < -0.3 is 4.42 Å². The molecule has 0 saturated heterocycles. The van der Waals surface area contributed by atoms with Crippen LogP contribution in [0.2, 0.25) is 0 Å². The van der Waals surface area contributed by atoms with E-state index in [4.69, 9.17) is 4.42 Å². The summed E-state index contributed by atoms with van der Waals surface area (Å²) >= 11 is 0. The maximum atomic E-state index is 10.9. The highest BCUT2D eigenvalue weighted by Gasteiger charge is 2.08. The zero-order valence-corrected chi connectivity index (χ0v) is 10.2. The number of hydrogen-bond acceptors (Lipinski definition) is 2. The molecular weight excluding hydrogens is 236 g/mol. The molecule has 0 fully saturated rings. The molecule has 2 heteroatoms. The molecule has 0 saturated carbocycles. The molecule has 0 radical (unpaired) electrons. The monoisotopic (exact) mass is 248 g/mol. The minimum absolute atomic E-state index is 0.366. The lowest BCUT2D eigenvalue weighted by molar-refractivity contribution is 0.110. The summed E-state index contributed by atoms with van der Waals surface area (Å²) in [4.78, 5) is 10.9. The normalized spacial score (nSPS) is 10.3. The third-order valence-corrected chi connectivity index (χ3v) is 3.08. The molecule has 0 unspecified atom stereocenters. The topological polar surface area (TPSA) is 30.2 Å². The van der Waals surface area contributed by atoms with Gasteiger partial charge in [-0.2, -0.15) is 0 Å². The highest BCUT2D eigenvalue weighted by atomic mass is 16.3. The molecule has 0 atom stereocenters. The molecular formula is C17H12O2. The van der Waals surface area contributed by atoms with Gasteiger partial charge in [-0.1, -0.05) is 48.5 Å². The summed E-state index contributed by atoms with van der Waals surface area (Å²) in [6.45, 7) is 0. The molecule has 0 amide bonds. The van der Waals surface area contributed by atoms with Gasteiger partial charge in [0.1, 0.15) is 0 Å². The number of carbonyl (C=O) groups is 1.